The highest BCUT2D eigenvalue weighted by Gasteiger charge is 2.48. The number of amides is 1. The van der Waals surface area contributed by atoms with Crippen molar-refractivity contribution in [3.63, 3.8) is 0 Å². The van der Waals surface area contributed by atoms with Gasteiger partial charge in [-0.1, -0.05) is 36.9 Å². The number of piperidine rings is 1. The smallest absolute Gasteiger partial charge is 0.419 e. The molecule has 0 saturated carbocycles. The number of Topliss-reactive ketones (excluding diaryl/α,β-unsaturated/α-hetero) is 1. The van der Waals surface area contributed by atoms with Crippen LogP contribution >= 0.6 is 0 Å². The zero-order valence-electron chi connectivity index (χ0n) is 14.2. The zero-order chi connectivity index (χ0) is 18.9. The van der Waals surface area contributed by atoms with Gasteiger partial charge in [0.25, 0.3) is 0 Å². The van der Waals surface area contributed by atoms with E-state index in [-0.39, 0.29) is 31.5 Å². The predicted molar refractivity (Wildman–Crippen MR) is 88.2 cm³/mol. The molecule has 0 spiro atoms. The van der Waals surface area contributed by atoms with Crippen molar-refractivity contribution in [1.82, 2.24) is 4.90 Å². The van der Waals surface area contributed by atoms with Gasteiger partial charge in [-0.25, -0.2) is 4.79 Å². The van der Waals surface area contributed by atoms with Crippen molar-refractivity contribution in [2.75, 3.05) is 0 Å². The molecule has 0 radical (unpaired) electrons. The van der Waals surface area contributed by atoms with Gasteiger partial charge in [0, 0.05) is 18.0 Å². The zero-order valence-corrected chi connectivity index (χ0v) is 14.2. The molecule has 140 valence electrons. The molecular formula is C19H20F3NO3. The van der Waals surface area contributed by atoms with Crippen LogP contribution in [0.4, 0.5) is 18.0 Å². The number of allylic oxidation sites excluding steroid dienone is 1. The first-order chi connectivity index (χ1) is 12.3. The van der Waals surface area contributed by atoms with Crippen molar-refractivity contribution in [2.45, 2.75) is 50.6 Å². The van der Waals surface area contributed by atoms with Gasteiger partial charge in [-0.15, -0.1) is 0 Å². The Morgan fingerprint density at radius 1 is 1.12 bits per heavy atom. The SMILES string of the molecule is C=C(C(=O)C1CC2CCC(C1)N2C(=O)OCc1ccccc1)C(F)(F)F. The summed E-state index contributed by atoms with van der Waals surface area (Å²) in [6.07, 6.45) is -3.37. The van der Waals surface area contributed by atoms with E-state index < -0.39 is 29.5 Å². The van der Waals surface area contributed by atoms with E-state index in [1.54, 1.807) is 4.90 Å². The van der Waals surface area contributed by atoms with Crippen LogP contribution in [0.3, 0.4) is 0 Å². The highest BCUT2D eigenvalue weighted by atomic mass is 19.4. The van der Waals surface area contributed by atoms with E-state index >= 15 is 0 Å². The molecule has 2 unspecified atom stereocenters. The summed E-state index contributed by atoms with van der Waals surface area (Å²) in [7, 11) is 0. The van der Waals surface area contributed by atoms with Crippen molar-refractivity contribution in [2.24, 2.45) is 5.92 Å². The quantitative estimate of drug-likeness (QED) is 0.748. The van der Waals surface area contributed by atoms with E-state index in [0.717, 1.165) is 5.56 Å². The van der Waals surface area contributed by atoms with Crippen molar-refractivity contribution >= 4 is 11.9 Å². The van der Waals surface area contributed by atoms with Crippen LogP contribution in [0.2, 0.25) is 0 Å². The number of benzene rings is 1. The van der Waals surface area contributed by atoms with Gasteiger partial charge in [-0.3, -0.25) is 4.79 Å². The van der Waals surface area contributed by atoms with Gasteiger partial charge in [0.05, 0.1) is 5.57 Å². The second-order valence-electron chi connectivity index (χ2n) is 6.84. The van der Waals surface area contributed by atoms with E-state index in [2.05, 4.69) is 6.58 Å². The third kappa shape index (κ3) is 3.76. The first-order valence-corrected chi connectivity index (χ1v) is 8.56. The fourth-order valence-electron chi connectivity index (χ4n) is 3.87. The molecule has 2 saturated heterocycles. The van der Waals surface area contributed by atoms with E-state index in [4.69, 9.17) is 4.74 Å². The minimum absolute atomic E-state index is 0.142. The van der Waals surface area contributed by atoms with Crippen LogP contribution in [0.15, 0.2) is 42.5 Å². The van der Waals surface area contributed by atoms with Gasteiger partial charge < -0.3 is 9.64 Å². The van der Waals surface area contributed by atoms with Gasteiger partial charge >= 0.3 is 12.3 Å². The summed E-state index contributed by atoms with van der Waals surface area (Å²) in [4.78, 5) is 26.1. The molecule has 7 heteroatoms. The Balaban J connectivity index is 1.61. The highest BCUT2D eigenvalue weighted by molar-refractivity contribution is 5.98. The Bertz CT molecular complexity index is 688. The van der Waals surface area contributed by atoms with Crippen LogP contribution < -0.4 is 0 Å². The number of hydrogen-bond donors (Lipinski definition) is 0. The summed E-state index contributed by atoms with van der Waals surface area (Å²) in [6, 6.07) is 8.72. The molecule has 0 aromatic heterocycles. The van der Waals surface area contributed by atoms with Crippen molar-refractivity contribution < 1.29 is 27.5 Å². The van der Waals surface area contributed by atoms with Crippen molar-refractivity contribution in [3.05, 3.63) is 48.0 Å². The molecule has 2 atom stereocenters. The maximum Gasteiger partial charge on any atom is 0.419 e. The number of ether oxygens (including phenoxy) is 1. The molecule has 0 aliphatic carbocycles. The van der Waals surface area contributed by atoms with E-state index in [1.807, 2.05) is 30.3 Å². The fraction of sp³-hybridized carbons (Fsp3) is 0.474. The molecule has 2 heterocycles. The van der Waals surface area contributed by atoms with Crippen molar-refractivity contribution in [1.29, 1.82) is 0 Å². The Kier molecular flexibility index (Phi) is 5.07. The summed E-state index contributed by atoms with van der Waals surface area (Å²) in [5, 5.41) is 0. The predicted octanol–water partition coefficient (Wildman–Crippen LogP) is 4.25. The summed E-state index contributed by atoms with van der Waals surface area (Å²) in [6.45, 7) is 3.05. The van der Waals surface area contributed by atoms with E-state index in [0.29, 0.717) is 12.8 Å². The third-order valence-corrected chi connectivity index (χ3v) is 5.16. The standard InChI is InChI=1S/C19H20F3NO3/c1-12(19(20,21)22)17(24)14-9-15-7-8-16(10-14)23(15)18(25)26-11-13-5-3-2-4-6-13/h2-6,14-16H,1,7-11H2. The van der Waals surface area contributed by atoms with Gasteiger partial charge in [0.2, 0.25) is 0 Å². The number of hydrogen-bond acceptors (Lipinski definition) is 3. The van der Waals surface area contributed by atoms with Crippen LogP contribution in [0, 0.1) is 5.92 Å². The van der Waals surface area contributed by atoms with Gasteiger partial charge in [-0.05, 0) is 31.2 Å². The molecule has 0 N–H and O–H groups in total. The summed E-state index contributed by atoms with van der Waals surface area (Å²) < 4.78 is 43.5. The van der Waals surface area contributed by atoms with Gasteiger partial charge in [-0.2, -0.15) is 13.2 Å². The van der Waals surface area contributed by atoms with Gasteiger partial charge in [0.1, 0.15) is 6.61 Å². The molecule has 3 rings (SSSR count). The molecular weight excluding hydrogens is 347 g/mol. The highest BCUT2D eigenvalue weighted by Crippen LogP contribution is 2.41. The molecule has 1 amide bonds. The average molecular weight is 367 g/mol. The maximum atomic E-state index is 12.7. The van der Waals surface area contributed by atoms with Crippen LogP contribution in [0.1, 0.15) is 31.2 Å². The van der Waals surface area contributed by atoms with Crippen LogP contribution in [0.25, 0.3) is 0 Å². The van der Waals surface area contributed by atoms with Crippen LogP contribution in [0.5, 0.6) is 0 Å². The van der Waals surface area contributed by atoms with Crippen molar-refractivity contribution in [3.8, 4) is 0 Å². The van der Waals surface area contributed by atoms with Crippen LogP contribution in [-0.4, -0.2) is 35.0 Å². The lowest BCUT2D eigenvalue weighted by Crippen LogP contribution is -2.48. The summed E-state index contributed by atoms with van der Waals surface area (Å²) in [5.74, 6) is -1.69. The number of carbonyl (C=O) groups is 2. The fourth-order valence-corrected chi connectivity index (χ4v) is 3.87. The number of nitrogens with zero attached hydrogens (tertiary/aromatic N) is 1. The van der Waals surface area contributed by atoms with Crippen LogP contribution in [-0.2, 0) is 16.1 Å². The molecule has 26 heavy (non-hydrogen) atoms. The molecule has 2 fully saturated rings. The largest absolute Gasteiger partial charge is 0.445 e. The lowest BCUT2D eigenvalue weighted by Gasteiger charge is -2.37. The van der Waals surface area contributed by atoms with E-state index in [9.17, 15) is 22.8 Å². The monoisotopic (exact) mass is 367 g/mol. The third-order valence-electron chi connectivity index (χ3n) is 5.16. The Hall–Kier alpha value is -2.31. The number of carbonyl (C=O) groups excluding carboxylic acids is 2. The summed E-state index contributed by atoms with van der Waals surface area (Å²) in [5.41, 5.74) is -0.443. The Labute approximate surface area is 149 Å². The van der Waals surface area contributed by atoms with E-state index in [1.165, 1.54) is 0 Å². The Morgan fingerprint density at radius 2 is 1.69 bits per heavy atom. The number of fused-ring (bicyclic) bond motifs is 2. The first-order valence-electron chi connectivity index (χ1n) is 8.56. The average Bonchev–Trinajstić information content (AvgIpc) is 2.88. The molecule has 2 aliphatic heterocycles. The number of alkyl halides is 3. The minimum atomic E-state index is -4.71. The normalized spacial score (nSPS) is 25.0. The molecule has 2 bridgehead atoms. The number of halogens is 3. The number of ketones is 1. The Morgan fingerprint density at radius 3 is 2.23 bits per heavy atom. The second-order valence-corrected chi connectivity index (χ2v) is 6.84. The maximum absolute atomic E-state index is 12.7. The lowest BCUT2D eigenvalue weighted by molar-refractivity contribution is -0.134. The topological polar surface area (TPSA) is 46.6 Å². The lowest BCUT2D eigenvalue weighted by atomic mass is 9.85. The first kappa shape index (κ1) is 18.5. The molecule has 2 aliphatic rings. The molecule has 1 aromatic rings. The molecule has 1 aromatic carbocycles. The minimum Gasteiger partial charge on any atom is -0.445 e. The number of rotatable bonds is 4. The summed E-state index contributed by atoms with van der Waals surface area (Å²) >= 11 is 0. The molecule has 4 nitrogen and oxygen atoms in total. The van der Waals surface area contributed by atoms with Gasteiger partial charge in [0.15, 0.2) is 5.78 Å². The second kappa shape index (κ2) is 7.13.